The van der Waals surface area contributed by atoms with E-state index in [0.29, 0.717) is 19.8 Å². The first-order valence-electron chi connectivity index (χ1n) is 11.3. The van der Waals surface area contributed by atoms with Crippen molar-refractivity contribution >= 4 is 20.5 Å². The smallest absolute Gasteiger partial charge is 0.410 e. The van der Waals surface area contributed by atoms with Crippen LogP contribution in [0, 0.1) is 0 Å². The van der Waals surface area contributed by atoms with Gasteiger partial charge >= 0.3 is 6.09 Å². The van der Waals surface area contributed by atoms with Crippen molar-refractivity contribution in [2.45, 2.75) is 84.7 Å². The van der Waals surface area contributed by atoms with Gasteiger partial charge in [-0.05, 0) is 75.5 Å². The van der Waals surface area contributed by atoms with Crippen molar-refractivity contribution in [3.63, 3.8) is 0 Å². The molecule has 1 saturated heterocycles. The summed E-state index contributed by atoms with van der Waals surface area (Å²) in [5, 5.41) is 0.128. The summed E-state index contributed by atoms with van der Waals surface area (Å²) in [5.41, 5.74) is 1.79. The average molecular weight is 448 g/mol. The first-order valence-corrected chi connectivity index (χ1v) is 14.2. The van der Waals surface area contributed by atoms with E-state index in [-0.39, 0.29) is 17.2 Å². The number of rotatable bonds is 6. The maximum atomic E-state index is 12.9. The number of hydrogen-bond acceptors (Lipinski definition) is 4. The van der Waals surface area contributed by atoms with Gasteiger partial charge in [0.1, 0.15) is 11.4 Å². The number of amides is 1. The molecule has 1 aliphatic heterocycles. The van der Waals surface area contributed by atoms with Crippen LogP contribution in [0.2, 0.25) is 18.1 Å². The number of carbonyl (C=O) groups excluding carboxylic acids is 1. The van der Waals surface area contributed by atoms with Crippen molar-refractivity contribution in [3.05, 3.63) is 35.4 Å². The number of nitrogens with zero attached hydrogens (tertiary/aromatic N) is 1. The van der Waals surface area contributed by atoms with E-state index in [4.69, 9.17) is 13.9 Å². The minimum atomic E-state index is -1.91. The Balaban J connectivity index is 2.19. The first-order chi connectivity index (χ1) is 14.2. The van der Waals surface area contributed by atoms with Crippen molar-refractivity contribution in [1.82, 2.24) is 4.90 Å². The summed E-state index contributed by atoms with van der Waals surface area (Å²) in [4.78, 5) is 14.8. The van der Waals surface area contributed by atoms with E-state index >= 15 is 0 Å². The molecular weight excluding hydrogens is 406 g/mol. The molecule has 0 bridgehead atoms. The second-order valence-corrected chi connectivity index (χ2v) is 15.7. The topological polar surface area (TPSA) is 48.0 Å². The molecule has 6 heteroatoms. The monoisotopic (exact) mass is 447 g/mol. The summed E-state index contributed by atoms with van der Waals surface area (Å²) in [6.45, 7) is 20.6. The first kappa shape index (κ1) is 25.5. The van der Waals surface area contributed by atoms with Crippen LogP contribution in [0.5, 0.6) is 5.75 Å². The maximum Gasteiger partial charge on any atom is 0.410 e. The number of carbonyl (C=O) groups is 1. The van der Waals surface area contributed by atoms with Crippen LogP contribution >= 0.6 is 0 Å². The SMILES string of the molecule is CCOc1ccc(/C=C2\C[C@@H](CO[Si](C)(C)C(C)(C)C)N(C(=O)OC(C)(C)C)C2)cc1. The molecule has 1 aliphatic rings. The predicted molar refractivity (Wildman–Crippen MR) is 130 cm³/mol. The van der Waals surface area contributed by atoms with Crippen LogP contribution in [0.1, 0.15) is 60.5 Å². The van der Waals surface area contributed by atoms with E-state index in [1.54, 1.807) is 0 Å². The lowest BCUT2D eigenvalue weighted by molar-refractivity contribution is 0.0184. The molecular formula is C25H41NO4Si. The van der Waals surface area contributed by atoms with Crippen molar-refractivity contribution in [3.8, 4) is 5.75 Å². The molecule has 0 unspecified atom stereocenters. The summed E-state index contributed by atoms with van der Waals surface area (Å²) in [6, 6.07) is 8.05. The fraction of sp³-hybridized carbons (Fsp3) is 0.640. The highest BCUT2D eigenvalue weighted by atomic mass is 28.4. The Bertz CT molecular complexity index is 772. The zero-order chi connectivity index (χ0) is 23.4. The molecule has 1 atom stereocenters. The van der Waals surface area contributed by atoms with Gasteiger partial charge in [-0.15, -0.1) is 0 Å². The molecule has 0 spiro atoms. The number of ether oxygens (including phenoxy) is 2. The Hall–Kier alpha value is -1.79. The van der Waals surface area contributed by atoms with Gasteiger partial charge in [-0.3, -0.25) is 4.90 Å². The van der Waals surface area contributed by atoms with E-state index in [1.165, 1.54) is 5.57 Å². The minimum absolute atomic E-state index is 0.0158. The van der Waals surface area contributed by atoms with Gasteiger partial charge in [-0.1, -0.05) is 39.0 Å². The Morgan fingerprint density at radius 3 is 2.26 bits per heavy atom. The van der Waals surface area contributed by atoms with Crippen LogP contribution in [-0.2, 0) is 9.16 Å². The van der Waals surface area contributed by atoms with Gasteiger partial charge < -0.3 is 13.9 Å². The highest BCUT2D eigenvalue weighted by Gasteiger charge is 2.40. The number of likely N-dealkylation sites (tertiary alicyclic amines) is 1. The Morgan fingerprint density at radius 2 is 1.74 bits per heavy atom. The Morgan fingerprint density at radius 1 is 1.13 bits per heavy atom. The number of benzene rings is 1. The van der Waals surface area contributed by atoms with Gasteiger partial charge in [-0.2, -0.15) is 0 Å². The summed E-state index contributed by atoms with van der Waals surface area (Å²) < 4.78 is 17.7. The van der Waals surface area contributed by atoms with E-state index in [1.807, 2.05) is 44.7 Å². The molecule has 1 aromatic carbocycles. The molecule has 1 aromatic rings. The second kappa shape index (κ2) is 9.78. The molecule has 5 nitrogen and oxygen atoms in total. The lowest BCUT2D eigenvalue weighted by Crippen LogP contribution is -2.46. The van der Waals surface area contributed by atoms with Gasteiger partial charge in [0.05, 0.1) is 19.3 Å². The van der Waals surface area contributed by atoms with Crippen LogP contribution in [0.4, 0.5) is 4.79 Å². The standard InChI is InChI=1S/C25H41NO4Si/c1-10-28-22-13-11-19(12-14-22)15-20-16-21(18-29-31(8,9)25(5,6)7)26(17-20)23(27)30-24(2,3)4/h11-15,21H,10,16-18H2,1-9H3/b20-15+/t21-/m0/s1. The lowest BCUT2D eigenvalue weighted by atomic mass is 10.1. The molecule has 31 heavy (non-hydrogen) atoms. The maximum absolute atomic E-state index is 12.9. The molecule has 0 aromatic heterocycles. The van der Waals surface area contributed by atoms with Crippen molar-refractivity contribution in [1.29, 1.82) is 0 Å². The fourth-order valence-electron chi connectivity index (χ4n) is 3.20. The van der Waals surface area contributed by atoms with E-state index in [9.17, 15) is 4.79 Å². The lowest BCUT2D eigenvalue weighted by Gasteiger charge is -2.38. The molecule has 2 rings (SSSR count). The predicted octanol–water partition coefficient (Wildman–Crippen LogP) is 6.50. The Labute approximate surface area is 189 Å². The molecule has 174 valence electrons. The largest absolute Gasteiger partial charge is 0.494 e. The summed E-state index contributed by atoms with van der Waals surface area (Å²) in [7, 11) is -1.91. The molecule has 0 saturated carbocycles. The zero-order valence-electron chi connectivity index (χ0n) is 20.9. The second-order valence-electron chi connectivity index (χ2n) is 10.8. The Kier molecular flexibility index (Phi) is 8.03. The summed E-state index contributed by atoms with van der Waals surface area (Å²) >= 11 is 0. The van der Waals surface area contributed by atoms with Gasteiger partial charge in [-0.25, -0.2) is 4.79 Å². The van der Waals surface area contributed by atoms with Crippen LogP contribution in [0.15, 0.2) is 29.8 Å². The van der Waals surface area contributed by atoms with E-state index in [2.05, 4.69) is 52.1 Å². The van der Waals surface area contributed by atoms with Crippen LogP contribution in [0.25, 0.3) is 6.08 Å². The molecule has 0 aliphatic carbocycles. The van der Waals surface area contributed by atoms with Crippen LogP contribution < -0.4 is 4.74 Å². The third-order valence-corrected chi connectivity index (χ3v) is 10.4. The van der Waals surface area contributed by atoms with Crippen molar-refractivity contribution < 1.29 is 18.7 Å². The zero-order valence-corrected chi connectivity index (χ0v) is 21.9. The fourth-order valence-corrected chi connectivity index (χ4v) is 4.24. The van der Waals surface area contributed by atoms with Gasteiger partial charge in [0, 0.05) is 6.54 Å². The van der Waals surface area contributed by atoms with Crippen LogP contribution in [0.3, 0.4) is 0 Å². The average Bonchev–Trinajstić information content (AvgIpc) is 3.02. The number of hydrogen-bond donors (Lipinski definition) is 0. The van der Waals surface area contributed by atoms with Crippen molar-refractivity contribution in [2.24, 2.45) is 0 Å². The van der Waals surface area contributed by atoms with Gasteiger partial charge in [0.2, 0.25) is 0 Å². The summed E-state index contributed by atoms with van der Waals surface area (Å²) in [6.07, 6.45) is 2.69. The summed E-state index contributed by atoms with van der Waals surface area (Å²) in [5.74, 6) is 0.868. The highest BCUT2D eigenvalue weighted by Crippen LogP contribution is 2.37. The third kappa shape index (κ3) is 7.39. The molecule has 1 fully saturated rings. The quantitative estimate of drug-likeness (QED) is 0.467. The normalized spacial score (nSPS) is 19.1. The van der Waals surface area contributed by atoms with E-state index in [0.717, 1.165) is 17.7 Å². The van der Waals surface area contributed by atoms with E-state index < -0.39 is 13.9 Å². The highest BCUT2D eigenvalue weighted by molar-refractivity contribution is 6.74. The molecule has 0 radical (unpaired) electrons. The van der Waals surface area contributed by atoms with Crippen molar-refractivity contribution in [2.75, 3.05) is 19.8 Å². The molecule has 1 amide bonds. The molecule has 0 N–H and O–H groups in total. The van der Waals surface area contributed by atoms with Gasteiger partial charge in [0.25, 0.3) is 0 Å². The molecule has 1 heterocycles. The minimum Gasteiger partial charge on any atom is -0.494 e. The third-order valence-electron chi connectivity index (χ3n) is 5.94. The van der Waals surface area contributed by atoms with Gasteiger partial charge in [0.15, 0.2) is 8.32 Å². The van der Waals surface area contributed by atoms with Crippen LogP contribution in [-0.4, -0.2) is 50.7 Å².